The fraction of sp³-hybridized carbons (Fsp3) is 0.400. The molecule has 7 heteroatoms. The van der Waals surface area contributed by atoms with Crippen molar-refractivity contribution < 1.29 is 14.3 Å². The third-order valence-electron chi connectivity index (χ3n) is 3.58. The zero-order valence-corrected chi connectivity index (χ0v) is 12.5. The molecule has 0 aliphatic carbocycles. The van der Waals surface area contributed by atoms with E-state index < -0.39 is 0 Å². The summed E-state index contributed by atoms with van der Waals surface area (Å²) in [5.41, 5.74) is 2.50. The van der Waals surface area contributed by atoms with E-state index in [0.717, 1.165) is 22.5 Å². The lowest BCUT2D eigenvalue weighted by Crippen LogP contribution is -2.34. The second kappa shape index (κ2) is 5.76. The molecule has 1 aliphatic heterocycles. The molecule has 7 nitrogen and oxygen atoms in total. The molecule has 2 aromatic rings. The van der Waals surface area contributed by atoms with Crippen LogP contribution >= 0.6 is 0 Å². The standard InChI is InChI=1S/C15H18N4O3/c1-9(20)16-6-12-7-22-8-15-18-13-5-11(17-10(2)21)3-4-14(13)19(12)15/h3-5,12H,6-8H2,1-2H3,(H,16,20)(H,17,21). The highest BCUT2D eigenvalue weighted by molar-refractivity contribution is 5.91. The van der Waals surface area contributed by atoms with E-state index in [1.165, 1.54) is 13.8 Å². The van der Waals surface area contributed by atoms with Crippen molar-refractivity contribution in [2.24, 2.45) is 0 Å². The molecule has 1 aromatic heterocycles. The van der Waals surface area contributed by atoms with Crippen molar-refractivity contribution in [1.82, 2.24) is 14.9 Å². The number of hydrogen-bond donors (Lipinski definition) is 2. The summed E-state index contributed by atoms with van der Waals surface area (Å²) in [7, 11) is 0. The lowest BCUT2D eigenvalue weighted by Gasteiger charge is -2.26. The van der Waals surface area contributed by atoms with Crippen LogP contribution in [0.4, 0.5) is 5.69 Å². The van der Waals surface area contributed by atoms with Gasteiger partial charge < -0.3 is 19.9 Å². The average Bonchev–Trinajstić information content (AvgIpc) is 2.82. The van der Waals surface area contributed by atoms with Gasteiger partial charge in [-0.3, -0.25) is 9.59 Å². The predicted octanol–water partition coefficient (Wildman–Crippen LogP) is 1.20. The molecule has 0 saturated heterocycles. The number of benzene rings is 1. The third-order valence-corrected chi connectivity index (χ3v) is 3.58. The first kappa shape index (κ1) is 14.5. The van der Waals surface area contributed by atoms with Gasteiger partial charge in [0.15, 0.2) is 0 Å². The van der Waals surface area contributed by atoms with Crippen molar-refractivity contribution >= 4 is 28.5 Å². The molecule has 0 fully saturated rings. The van der Waals surface area contributed by atoms with Crippen molar-refractivity contribution in [2.75, 3.05) is 18.5 Å². The molecule has 116 valence electrons. The summed E-state index contributed by atoms with van der Waals surface area (Å²) in [6.45, 7) is 4.45. The number of ether oxygens (including phenoxy) is 1. The van der Waals surface area contributed by atoms with Crippen molar-refractivity contribution in [1.29, 1.82) is 0 Å². The maximum absolute atomic E-state index is 11.1. The van der Waals surface area contributed by atoms with E-state index in [0.29, 0.717) is 19.8 Å². The van der Waals surface area contributed by atoms with Crippen molar-refractivity contribution in [3.63, 3.8) is 0 Å². The van der Waals surface area contributed by atoms with E-state index in [-0.39, 0.29) is 17.9 Å². The van der Waals surface area contributed by atoms with E-state index in [1.807, 2.05) is 18.2 Å². The first-order valence-corrected chi connectivity index (χ1v) is 7.15. The maximum atomic E-state index is 11.1. The van der Waals surface area contributed by atoms with Crippen LogP contribution in [0.5, 0.6) is 0 Å². The number of imidazole rings is 1. The Hall–Kier alpha value is -2.41. The highest BCUT2D eigenvalue weighted by Gasteiger charge is 2.24. The van der Waals surface area contributed by atoms with Crippen LogP contribution < -0.4 is 10.6 Å². The van der Waals surface area contributed by atoms with E-state index in [9.17, 15) is 9.59 Å². The second-order valence-corrected chi connectivity index (χ2v) is 5.39. The Kier molecular flexibility index (Phi) is 3.81. The Morgan fingerprint density at radius 2 is 2.18 bits per heavy atom. The zero-order valence-electron chi connectivity index (χ0n) is 12.5. The van der Waals surface area contributed by atoms with Gasteiger partial charge in [-0.25, -0.2) is 4.98 Å². The summed E-state index contributed by atoms with van der Waals surface area (Å²) >= 11 is 0. The molecule has 22 heavy (non-hydrogen) atoms. The van der Waals surface area contributed by atoms with E-state index in [1.54, 1.807) is 0 Å². The summed E-state index contributed by atoms with van der Waals surface area (Å²) in [6, 6.07) is 5.65. The molecule has 0 spiro atoms. The van der Waals surface area contributed by atoms with E-state index in [2.05, 4.69) is 20.2 Å². The molecule has 0 radical (unpaired) electrons. The van der Waals surface area contributed by atoms with Crippen LogP contribution in [0.25, 0.3) is 11.0 Å². The average molecular weight is 302 g/mol. The molecule has 3 rings (SSSR count). The maximum Gasteiger partial charge on any atom is 0.221 e. The fourth-order valence-electron chi connectivity index (χ4n) is 2.71. The number of aromatic nitrogens is 2. The number of hydrogen-bond acceptors (Lipinski definition) is 4. The van der Waals surface area contributed by atoms with Gasteiger partial charge in [-0.05, 0) is 18.2 Å². The number of fused-ring (bicyclic) bond motifs is 3. The highest BCUT2D eigenvalue weighted by atomic mass is 16.5. The number of nitrogens with one attached hydrogen (secondary N) is 2. The Labute approximate surface area is 127 Å². The molecule has 1 aromatic carbocycles. The van der Waals surface area contributed by atoms with Crippen LogP contribution in [0.15, 0.2) is 18.2 Å². The molecule has 1 atom stereocenters. The van der Waals surface area contributed by atoms with Gasteiger partial charge in [-0.1, -0.05) is 0 Å². The fourth-order valence-corrected chi connectivity index (χ4v) is 2.71. The Balaban J connectivity index is 1.96. The first-order valence-electron chi connectivity index (χ1n) is 7.15. The normalized spacial score (nSPS) is 17.1. The third kappa shape index (κ3) is 2.80. The van der Waals surface area contributed by atoms with Crippen LogP contribution in [0.2, 0.25) is 0 Å². The number of nitrogens with zero attached hydrogens (tertiary/aromatic N) is 2. The van der Waals surface area contributed by atoms with Crippen LogP contribution in [-0.2, 0) is 20.9 Å². The summed E-state index contributed by atoms with van der Waals surface area (Å²) in [5, 5.41) is 5.58. The van der Waals surface area contributed by atoms with Gasteiger partial charge in [-0.15, -0.1) is 0 Å². The summed E-state index contributed by atoms with van der Waals surface area (Å²) in [5.74, 6) is 0.649. The smallest absolute Gasteiger partial charge is 0.221 e. The van der Waals surface area contributed by atoms with Gasteiger partial charge in [0.05, 0.1) is 23.7 Å². The lowest BCUT2D eigenvalue weighted by molar-refractivity contribution is -0.119. The molecule has 2 amide bonds. The van der Waals surface area contributed by atoms with E-state index >= 15 is 0 Å². The molecule has 2 heterocycles. The van der Waals surface area contributed by atoms with Gasteiger partial charge in [0.2, 0.25) is 11.8 Å². The van der Waals surface area contributed by atoms with Crippen LogP contribution in [0.1, 0.15) is 25.7 Å². The van der Waals surface area contributed by atoms with Gasteiger partial charge >= 0.3 is 0 Å². The lowest BCUT2D eigenvalue weighted by atomic mass is 10.2. The molecule has 2 N–H and O–H groups in total. The van der Waals surface area contributed by atoms with Crippen molar-refractivity contribution in [2.45, 2.75) is 26.5 Å². The number of carbonyl (C=O) groups is 2. The first-order chi connectivity index (χ1) is 10.5. The minimum atomic E-state index is -0.116. The van der Waals surface area contributed by atoms with Gasteiger partial charge in [0.1, 0.15) is 12.4 Å². The van der Waals surface area contributed by atoms with Crippen LogP contribution in [0.3, 0.4) is 0 Å². The Morgan fingerprint density at radius 1 is 1.36 bits per heavy atom. The molecular formula is C15H18N4O3. The van der Waals surface area contributed by atoms with Gasteiger partial charge in [0.25, 0.3) is 0 Å². The molecule has 1 unspecified atom stereocenters. The summed E-state index contributed by atoms with van der Waals surface area (Å²) in [4.78, 5) is 26.9. The predicted molar refractivity (Wildman–Crippen MR) is 81.4 cm³/mol. The highest BCUT2D eigenvalue weighted by Crippen LogP contribution is 2.27. The number of amides is 2. The number of anilines is 1. The molecule has 0 saturated carbocycles. The molecule has 0 bridgehead atoms. The van der Waals surface area contributed by atoms with Crippen molar-refractivity contribution in [3.8, 4) is 0 Å². The molecule has 1 aliphatic rings. The number of rotatable bonds is 3. The van der Waals surface area contributed by atoms with Gasteiger partial charge in [0, 0.05) is 26.1 Å². The number of carbonyl (C=O) groups excluding carboxylic acids is 2. The Morgan fingerprint density at radius 3 is 2.91 bits per heavy atom. The topological polar surface area (TPSA) is 85.2 Å². The van der Waals surface area contributed by atoms with Crippen LogP contribution in [0, 0.1) is 0 Å². The minimum Gasteiger partial charge on any atom is -0.371 e. The van der Waals surface area contributed by atoms with E-state index in [4.69, 9.17) is 4.74 Å². The summed E-state index contributed by atoms with van der Waals surface area (Å²) in [6.07, 6.45) is 0. The largest absolute Gasteiger partial charge is 0.371 e. The summed E-state index contributed by atoms with van der Waals surface area (Å²) < 4.78 is 7.66. The Bertz CT molecular complexity index is 738. The monoisotopic (exact) mass is 302 g/mol. The van der Waals surface area contributed by atoms with Gasteiger partial charge in [-0.2, -0.15) is 0 Å². The quantitative estimate of drug-likeness (QED) is 0.892. The zero-order chi connectivity index (χ0) is 15.7. The molecular weight excluding hydrogens is 284 g/mol. The van der Waals surface area contributed by atoms with Crippen LogP contribution in [-0.4, -0.2) is 34.5 Å². The minimum absolute atomic E-state index is 0.0178. The SMILES string of the molecule is CC(=O)NCC1COCc2nc3cc(NC(C)=O)ccc3n21. The van der Waals surface area contributed by atoms with Crippen molar-refractivity contribution in [3.05, 3.63) is 24.0 Å². The second-order valence-electron chi connectivity index (χ2n) is 5.39.